The number of halogens is 5. The highest BCUT2D eigenvalue weighted by Gasteiger charge is 2.59. The minimum absolute atomic E-state index is 0.00458. The first-order chi connectivity index (χ1) is 16.7. The summed E-state index contributed by atoms with van der Waals surface area (Å²) in [5.74, 6) is -1.37. The van der Waals surface area contributed by atoms with Crippen LogP contribution in [-0.2, 0) is 15.3 Å². The fourth-order valence-electron chi connectivity index (χ4n) is 3.77. The molecule has 1 atom stereocenters. The number of benzene rings is 3. The molecule has 3 aromatic rings. The first kappa shape index (κ1) is 24.5. The highest BCUT2D eigenvalue weighted by atomic mass is 35.5. The summed E-state index contributed by atoms with van der Waals surface area (Å²) in [6, 6.07) is 12.3. The third kappa shape index (κ3) is 4.68. The monoisotopic (exact) mass is 507 g/mol. The molecule has 0 fully saturated rings. The Bertz CT molecular complexity index is 1320. The number of alkyl halides is 3. The second-order valence-corrected chi connectivity index (χ2v) is 7.93. The van der Waals surface area contributed by atoms with E-state index in [0.717, 1.165) is 24.3 Å². The summed E-state index contributed by atoms with van der Waals surface area (Å²) in [5.41, 5.74) is 1.91. The van der Waals surface area contributed by atoms with Crippen LogP contribution in [0.4, 0.5) is 17.6 Å². The van der Waals surface area contributed by atoms with E-state index in [1.54, 1.807) is 24.3 Å². The van der Waals surface area contributed by atoms with Gasteiger partial charge in [-0.25, -0.2) is 4.39 Å². The summed E-state index contributed by atoms with van der Waals surface area (Å²) in [6.45, 7) is 0. The van der Waals surface area contributed by atoms with Crippen molar-refractivity contribution in [2.45, 2.75) is 11.8 Å². The number of carbonyl (C=O) groups excluding carboxylic acids is 1. The predicted molar refractivity (Wildman–Crippen MR) is 122 cm³/mol. The molecule has 1 amide bonds. The molecule has 1 heterocycles. The lowest BCUT2D eigenvalue weighted by molar-refractivity contribution is -0.269. The summed E-state index contributed by atoms with van der Waals surface area (Å²) >= 11 is 5.82. The van der Waals surface area contributed by atoms with Crippen molar-refractivity contribution in [1.29, 1.82) is 0 Å². The summed E-state index contributed by atoms with van der Waals surface area (Å²) in [4.78, 5) is 22.4. The molecule has 1 aliphatic heterocycles. The van der Waals surface area contributed by atoms with Gasteiger partial charge in [0.2, 0.25) is 5.60 Å². The van der Waals surface area contributed by atoms with Crippen LogP contribution in [0.5, 0.6) is 0 Å². The van der Waals surface area contributed by atoms with Gasteiger partial charge in [-0.3, -0.25) is 25.4 Å². The van der Waals surface area contributed by atoms with E-state index in [0.29, 0.717) is 21.9 Å². The normalized spacial score (nSPS) is 17.9. The Balaban J connectivity index is 1.80. The fraction of sp³-hybridized carbons (Fsp3) is 0.125. The average Bonchev–Trinajstić information content (AvgIpc) is 3.27. The van der Waals surface area contributed by atoms with Gasteiger partial charge in [-0.2, -0.15) is 13.2 Å². The number of carbonyl (C=O) groups is 1. The topological polar surface area (TPSA) is 71.6 Å². The Hall–Kier alpha value is -3.60. The first-order valence-corrected chi connectivity index (χ1v) is 10.5. The molecular formula is C24H18ClF4N3O3. The smallest absolute Gasteiger partial charge is 0.327 e. The summed E-state index contributed by atoms with van der Waals surface area (Å²) in [7, 11) is 1.41. The SMILES string of the molecule is CON/C=C/NC(=O)c1ccc(C2=CC(c3cc(F)cc(Cl)c3)(C(F)(F)F)ON2)c2ccccc12. The Morgan fingerprint density at radius 3 is 2.54 bits per heavy atom. The van der Waals surface area contributed by atoms with Crippen LogP contribution in [0.3, 0.4) is 0 Å². The van der Waals surface area contributed by atoms with E-state index >= 15 is 0 Å². The molecule has 3 N–H and O–H groups in total. The van der Waals surface area contributed by atoms with Crippen LogP contribution in [0, 0.1) is 5.82 Å². The molecule has 35 heavy (non-hydrogen) atoms. The van der Waals surface area contributed by atoms with E-state index < -0.39 is 29.1 Å². The molecule has 6 nitrogen and oxygen atoms in total. The van der Waals surface area contributed by atoms with Crippen molar-refractivity contribution in [1.82, 2.24) is 16.3 Å². The molecule has 0 aliphatic carbocycles. The molecule has 0 radical (unpaired) electrons. The van der Waals surface area contributed by atoms with Crippen LogP contribution >= 0.6 is 11.6 Å². The van der Waals surface area contributed by atoms with Crippen molar-refractivity contribution in [2.75, 3.05) is 7.11 Å². The summed E-state index contributed by atoms with van der Waals surface area (Å²) in [5, 5.41) is 3.36. The van der Waals surface area contributed by atoms with Crippen LogP contribution in [0.25, 0.3) is 16.5 Å². The molecule has 3 aromatic carbocycles. The molecule has 11 heteroatoms. The standard InChI is InChI=1S/C24H18ClF4N3O3/c1-34-31-9-8-30-22(33)20-7-6-19(17-4-2-3-5-18(17)20)21-13-23(35-32-21,24(27,28)29)14-10-15(25)12-16(26)11-14/h2-13,31-32H,1H3,(H,30,33)/b9-8+. The van der Waals surface area contributed by atoms with Gasteiger partial charge in [-0.15, -0.1) is 0 Å². The third-order valence-electron chi connectivity index (χ3n) is 5.32. The fourth-order valence-corrected chi connectivity index (χ4v) is 4.00. The number of nitrogens with one attached hydrogen (secondary N) is 3. The summed E-state index contributed by atoms with van der Waals surface area (Å²) in [6.07, 6.45) is -1.41. The number of amides is 1. The van der Waals surface area contributed by atoms with E-state index in [9.17, 15) is 22.4 Å². The van der Waals surface area contributed by atoms with Gasteiger partial charge in [0.25, 0.3) is 5.91 Å². The van der Waals surface area contributed by atoms with Crippen LogP contribution < -0.4 is 16.3 Å². The maximum Gasteiger partial charge on any atom is 0.428 e. The van der Waals surface area contributed by atoms with E-state index in [1.807, 2.05) is 0 Å². The predicted octanol–water partition coefficient (Wildman–Crippen LogP) is 5.32. The van der Waals surface area contributed by atoms with Gasteiger partial charge in [-0.05, 0) is 41.1 Å². The van der Waals surface area contributed by atoms with Gasteiger partial charge in [0.15, 0.2) is 0 Å². The third-order valence-corrected chi connectivity index (χ3v) is 5.54. The number of fused-ring (bicyclic) bond motifs is 1. The maximum absolute atomic E-state index is 14.3. The van der Waals surface area contributed by atoms with Gasteiger partial charge in [0.1, 0.15) is 5.82 Å². The van der Waals surface area contributed by atoms with Crippen LogP contribution in [0.2, 0.25) is 5.02 Å². The van der Waals surface area contributed by atoms with Gasteiger partial charge in [0, 0.05) is 34.1 Å². The number of hydroxylamine groups is 2. The Kier molecular flexibility index (Phi) is 6.70. The van der Waals surface area contributed by atoms with Gasteiger partial charge >= 0.3 is 6.18 Å². The van der Waals surface area contributed by atoms with Crippen LogP contribution in [0.15, 0.2) is 73.1 Å². The molecule has 0 bridgehead atoms. The molecule has 0 saturated heterocycles. The minimum atomic E-state index is -4.95. The Morgan fingerprint density at radius 2 is 1.86 bits per heavy atom. The van der Waals surface area contributed by atoms with E-state index in [2.05, 4.69) is 21.1 Å². The van der Waals surface area contributed by atoms with Gasteiger partial charge in [0.05, 0.1) is 12.8 Å². The van der Waals surface area contributed by atoms with Crippen molar-refractivity contribution >= 4 is 34.0 Å². The molecule has 1 aliphatic rings. The lowest BCUT2D eigenvalue weighted by atomic mass is 9.90. The lowest BCUT2D eigenvalue weighted by Gasteiger charge is -2.28. The largest absolute Gasteiger partial charge is 0.428 e. The average molecular weight is 508 g/mol. The number of hydrogen-bond donors (Lipinski definition) is 3. The minimum Gasteiger partial charge on any atom is -0.327 e. The van der Waals surface area contributed by atoms with Gasteiger partial charge < -0.3 is 5.32 Å². The van der Waals surface area contributed by atoms with E-state index in [1.165, 1.54) is 31.6 Å². The summed E-state index contributed by atoms with van der Waals surface area (Å²) < 4.78 is 56.7. The number of hydrogen-bond acceptors (Lipinski definition) is 5. The zero-order valence-electron chi connectivity index (χ0n) is 18.0. The maximum atomic E-state index is 14.3. The lowest BCUT2D eigenvalue weighted by Crippen LogP contribution is -2.42. The second-order valence-electron chi connectivity index (χ2n) is 7.49. The molecule has 0 spiro atoms. The molecular weight excluding hydrogens is 490 g/mol. The van der Waals surface area contributed by atoms with Crippen molar-refractivity contribution in [3.05, 3.63) is 101 Å². The van der Waals surface area contributed by atoms with E-state index in [-0.39, 0.29) is 10.7 Å². The zero-order chi connectivity index (χ0) is 25.2. The molecule has 4 rings (SSSR count). The molecule has 1 unspecified atom stereocenters. The Morgan fingerprint density at radius 1 is 1.11 bits per heavy atom. The second kappa shape index (κ2) is 9.57. The zero-order valence-corrected chi connectivity index (χ0v) is 18.8. The van der Waals surface area contributed by atoms with Crippen molar-refractivity contribution < 1.29 is 32.0 Å². The van der Waals surface area contributed by atoms with Crippen LogP contribution in [-0.4, -0.2) is 19.2 Å². The van der Waals surface area contributed by atoms with Crippen LogP contribution in [0.1, 0.15) is 21.5 Å². The first-order valence-electron chi connectivity index (χ1n) is 10.1. The Labute approximate surface area is 202 Å². The van der Waals surface area contributed by atoms with Crippen molar-refractivity contribution in [3.63, 3.8) is 0 Å². The van der Waals surface area contributed by atoms with Crippen molar-refractivity contribution in [2.24, 2.45) is 0 Å². The molecule has 182 valence electrons. The highest BCUT2D eigenvalue weighted by molar-refractivity contribution is 6.30. The molecule has 0 saturated carbocycles. The van der Waals surface area contributed by atoms with Crippen molar-refractivity contribution in [3.8, 4) is 0 Å². The number of rotatable bonds is 6. The molecule has 0 aromatic heterocycles. The highest BCUT2D eigenvalue weighted by Crippen LogP contribution is 2.48. The van der Waals surface area contributed by atoms with Gasteiger partial charge in [-0.1, -0.05) is 41.9 Å². The van der Waals surface area contributed by atoms with E-state index in [4.69, 9.17) is 16.4 Å². The quantitative estimate of drug-likeness (QED) is 0.311.